The van der Waals surface area contributed by atoms with E-state index >= 15 is 0 Å². The fourth-order valence-corrected chi connectivity index (χ4v) is 3.94. The number of carbonyl (C=O) groups is 1. The monoisotopic (exact) mass is 395 g/mol. The predicted octanol–water partition coefficient (Wildman–Crippen LogP) is 4.10. The van der Waals surface area contributed by atoms with Gasteiger partial charge < -0.3 is 0 Å². The third kappa shape index (κ3) is 6.49. The maximum atomic E-state index is 12.3. The van der Waals surface area contributed by atoms with Gasteiger partial charge in [-0.2, -0.15) is 0 Å². The van der Waals surface area contributed by atoms with Crippen LogP contribution in [-0.4, -0.2) is 30.8 Å². The van der Waals surface area contributed by atoms with Crippen LogP contribution in [0.15, 0.2) is 29.2 Å². The van der Waals surface area contributed by atoms with Crippen LogP contribution in [0.3, 0.4) is 0 Å². The summed E-state index contributed by atoms with van der Waals surface area (Å²) in [6.07, 6.45) is 9.28. The highest BCUT2D eigenvalue weighted by Gasteiger charge is 2.13. The van der Waals surface area contributed by atoms with E-state index in [9.17, 15) is 13.2 Å². The Morgan fingerprint density at radius 2 is 1.85 bits per heavy atom. The summed E-state index contributed by atoms with van der Waals surface area (Å²) in [5.74, 6) is -0.391. The van der Waals surface area contributed by atoms with Crippen LogP contribution in [0, 0.1) is 0 Å². The van der Waals surface area contributed by atoms with E-state index < -0.39 is 15.7 Å². The third-order valence-electron chi connectivity index (χ3n) is 3.96. The van der Waals surface area contributed by atoms with Crippen molar-refractivity contribution >= 4 is 32.2 Å². The van der Waals surface area contributed by atoms with E-state index in [1.54, 1.807) is 12.1 Å². The SMILES string of the molecule is CCCCCCCCc1nnc(NC(=O)c2cccc(S(C)(=O)=O)c2)s1. The van der Waals surface area contributed by atoms with Crippen molar-refractivity contribution in [1.82, 2.24) is 10.2 Å². The van der Waals surface area contributed by atoms with Crippen molar-refractivity contribution in [3.63, 3.8) is 0 Å². The first-order chi connectivity index (χ1) is 12.4. The normalized spacial score (nSPS) is 11.5. The van der Waals surface area contributed by atoms with E-state index in [0.717, 1.165) is 24.1 Å². The molecule has 142 valence electrons. The van der Waals surface area contributed by atoms with Crippen molar-refractivity contribution in [3.8, 4) is 0 Å². The maximum Gasteiger partial charge on any atom is 0.257 e. The van der Waals surface area contributed by atoms with E-state index in [4.69, 9.17) is 0 Å². The molecule has 0 unspecified atom stereocenters. The van der Waals surface area contributed by atoms with Crippen molar-refractivity contribution in [1.29, 1.82) is 0 Å². The molecule has 0 spiro atoms. The van der Waals surface area contributed by atoms with E-state index in [2.05, 4.69) is 22.4 Å². The lowest BCUT2D eigenvalue weighted by Gasteiger charge is -2.03. The number of hydrogen-bond donors (Lipinski definition) is 1. The third-order valence-corrected chi connectivity index (χ3v) is 5.96. The molecule has 1 aromatic heterocycles. The van der Waals surface area contributed by atoms with Gasteiger partial charge in [0.1, 0.15) is 5.01 Å². The van der Waals surface area contributed by atoms with Gasteiger partial charge in [-0.15, -0.1) is 10.2 Å². The second-order valence-electron chi connectivity index (χ2n) is 6.27. The van der Waals surface area contributed by atoms with E-state index in [0.29, 0.717) is 5.13 Å². The van der Waals surface area contributed by atoms with Gasteiger partial charge in [0.2, 0.25) is 5.13 Å². The van der Waals surface area contributed by atoms with Crippen molar-refractivity contribution in [2.45, 2.75) is 56.8 Å². The van der Waals surface area contributed by atoms with Gasteiger partial charge in [-0.25, -0.2) is 8.42 Å². The Labute approximate surface area is 159 Å². The number of aryl methyl sites for hydroxylation is 1. The number of unbranched alkanes of at least 4 members (excludes halogenated alkanes) is 5. The zero-order valence-electron chi connectivity index (χ0n) is 15.2. The fraction of sp³-hybridized carbons (Fsp3) is 0.500. The molecule has 8 heteroatoms. The summed E-state index contributed by atoms with van der Waals surface area (Å²) in [5.41, 5.74) is 0.278. The van der Waals surface area contributed by atoms with E-state index in [1.807, 2.05) is 0 Å². The number of nitrogens with one attached hydrogen (secondary N) is 1. The zero-order chi connectivity index (χ0) is 19.0. The first-order valence-corrected chi connectivity index (χ1v) is 11.5. The molecule has 0 aliphatic rings. The molecule has 0 radical (unpaired) electrons. The van der Waals surface area contributed by atoms with Gasteiger partial charge in [0.25, 0.3) is 5.91 Å². The molecule has 0 fully saturated rings. The fourth-order valence-electron chi connectivity index (χ4n) is 2.50. The molecule has 0 saturated heterocycles. The minimum atomic E-state index is -3.35. The Morgan fingerprint density at radius 1 is 1.12 bits per heavy atom. The summed E-state index contributed by atoms with van der Waals surface area (Å²) in [5, 5.41) is 12.1. The summed E-state index contributed by atoms with van der Waals surface area (Å²) in [7, 11) is -3.35. The molecule has 0 aliphatic heterocycles. The Hall–Kier alpha value is -1.80. The molecule has 0 atom stereocenters. The minimum absolute atomic E-state index is 0.117. The molecule has 26 heavy (non-hydrogen) atoms. The molecule has 1 N–H and O–H groups in total. The highest BCUT2D eigenvalue weighted by atomic mass is 32.2. The lowest BCUT2D eigenvalue weighted by Crippen LogP contribution is -2.12. The Bertz CT molecular complexity index is 832. The number of amides is 1. The molecule has 1 amide bonds. The molecule has 6 nitrogen and oxygen atoms in total. The number of benzene rings is 1. The minimum Gasteiger partial charge on any atom is -0.296 e. The number of sulfone groups is 1. The van der Waals surface area contributed by atoms with Crippen molar-refractivity contribution < 1.29 is 13.2 Å². The Morgan fingerprint density at radius 3 is 2.58 bits per heavy atom. The summed E-state index contributed by atoms with van der Waals surface area (Å²) in [6, 6.07) is 5.95. The van der Waals surface area contributed by atoms with Crippen LogP contribution in [0.5, 0.6) is 0 Å². The van der Waals surface area contributed by atoms with Crippen LogP contribution < -0.4 is 5.32 Å². The number of rotatable bonds is 10. The standard InChI is InChI=1S/C18H25N3O3S2/c1-3-4-5-6-7-8-12-16-20-21-18(25-16)19-17(22)14-10-9-11-15(13-14)26(2,23)24/h9-11,13H,3-8,12H2,1-2H3,(H,19,21,22). The highest BCUT2D eigenvalue weighted by Crippen LogP contribution is 2.19. The number of anilines is 1. The smallest absolute Gasteiger partial charge is 0.257 e. The molecule has 0 bridgehead atoms. The van der Waals surface area contributed by atoms with Crippen molar-refractivity contribution in [3.05, 3.63) is 34.8 Å². The molecule has 1 heterocycles. The van der Waals surface area contributed by atoms with Gasteiger partial charge in [0.05, 0.1) is 4.90 Å². The second kappa shape index (κ2) is 9.78. The summed E-state index contributed by atoms with van der Waals surface area (Å²) in [4.78, 5) is 12.4. The largest absolute Gasteiger partial charge is 0.296 e. The Balaban J connectivity index is 1.87. The molecule has 0 saturated carbocycles. The summed E-state index contributed by atoms with van der Waals surface area (Å²) < 4.78 is 23.2. The molecule has 1 aromatic carbocycles. The van der Waals surface area contributed by atoms with Gasteiger partial charge in [0.15, 0.2) is 9.84 Å². The maximum absolute atomic E-state index is 12.3. The first-order valence-electron chi connectivity index (χ1n) is 8.84. The van der Waals surface area contributed by atoms with Crippen LogP contribution in [-0.2, 0) is 16.3 Å². The summed E-state index contributed by atoms with van der Waals surface area (Å²) >= 11 is 1.36. The van der Waals surface area contributed by atoms with Gasteiger partial charge >= 0.3 is 0 Å². The number of aromatic nitrogens is 2. The van der Waals surface area contributed by atoms with Crippen LogP contribution in [0.1, 0.15) is 60.8 Å². The average Bonchev–Trinajstić information content (AvgIpc) is 3.04. The predicted molar refractivity (Wildman–Crippen MR) is 104 cm³/mol. The number of nitrogens with zero attached hydrogens (tertiary/aromatic N) is 2. The van der Waals surface area contributed by atoms with Gasteiger partial charge in [-0.3, -0.25) is 10.1 Å². The highest BCUT2D eigenvalue weighted by molar-refractivity contribution is 7.90. The van der Waals surface area contributed by atoms with Crippen molar-refractivity contribution in [2.75, 3.05) is 11.6 Å². The number of carbonyl (C=O) groups excluding carboxylic acids is 1. The molecule has 0 aliphatic carbocycles. The Kier molecular flexibility index (Phi) is 7.71. The van der Waals surface area contributed by atoms with Gasteiger partial charge in [-0.1, -0.05) is 56.4 Å². The molecular weight excluding hydrogens is 370 g/mol. The van der Waals surface area contributed by atoms with Crippen LogP contribution in [0.25, 0.3) is 0 Å². The van der Waals surface area contributed by atoms with Gasteiger partial charge in [0, 0.05) is 18.2 Å². The molecular formula is C18H25N3O3S2. The topological polar surface area (TPSA) is 89.0 Å². The van der Waals surface area contributed by atoms with Crippen LogP contribution in [0.2, 0.25) is 0 Å². The number of hydrogen-bond acceptors (Lipinski definition) is 6. The second-order valence-corrected chi connectivity index (χ2v) is 9.35. The lowest BCUT2D eigenvalue weighted by atomic mass is 10.1. The summed E-state index contributed by atoms with van der Waals surface area (Å²) in [6.45, 7) is 2.20. The first kappa shape index (κ1) is 20.5. The quantitative estimate of drug-likeness (QED) is 0.612. The van der Waals surface area contributed by atoms with Crippen molar-refractivity contribution in [2.24, 2.45) is 0 Å². The average molecular weight is 396 g/mol. The molecule has 2 rings (SSSR count). The lowest BCUT2D eigenvalue weighted by molar-refractivity contribution is 0.102. The van der Waals surface area contributed by atoms with Crippen LogP contribution >= 0.6 is 11.3 Å². The zero-order valence-corrected chi connectivity index (χ0v) is 16.8. The van der Waals surface area contributed by atoms with E-state index in [-0.39, 0.29) is 10.5 Å². The molecule has 2 aromatic rings. The van der Waals surface area contributed by atoms with Gasteiger partial charge in [-0.05, 0) is 24.6 Å². The van der Waals surface area contributed by atoms with Crippen LogP contribution in [0.4, 0.5) is 5.13 Å². The van der Waals surface area contributed by atoms with E-state index in [1.165, 1.54) is 55.6 Å².